The summed E-state index contributed by atoms with van der Waals surface area (Å²) in [5.41, 5.74) is 3.67. The molecule has 1 heterocycles. The number of rotatable bonds is 6. The van der Waals surface area contributed by atoms with E-state index >= 15 is 0 Å². The van der Waals surface area contributed by atoms with Gasteiger partial charge in [0.2, 0.25) is 10.0 Å². The molecular formula is C25H28N2O3S. The molecule has 4 rings (SSSR count). The van der Waals surface area contributed by atoms with Crippen LogP contribution < -0.4 is 4.74 Å². The van der Waals surface area contributed by atoms with Crippen molar-refractivity contribution in [3.8, 4) is 5.75 Å². The van der Waals surface area contributed by atoms with Crippen LogP contribution >= 0.6 is 0 Å². The number of sulfonamides is 1. The average molecular weight is 437 g/mol. The lowest BCUT2D eigenvalue weighted by Gasteiger charge is -2.39. The standard InChI is InChI=1S/C25H28N2O3S/c1-20-11-13-22(14-12-20)25(21-7-4-3-5-8-21)26-15-17-27(18-16-26)31(28,29)24-10-6-9-23(19-24)30-2/h3-14,19,25H,15-18H2,1-2H3. The molecule has 0 bridgehead atoms. The van der Waals surface area contributed by atoms with E-state index in [9.17, 15) is 8.42 Å². The number of ether oxygens (including phenoxy) is 1. The highest BCUT2D eigenvalue weighted by Crippen LogP contribution is 2.31. The lowest BCUT2D eigenvalue weighted by atomic mass is 9.96. The Labute approximate surface area is 184 Å². The average Bonchev–Trinajstić information content (AvgIpc) is 2.81. The second-order valence-corrected chi connectivity index (χ2v) is 9.78. The summed E-state index contributed by atoms with van der Waals surface area (Å²) in [5.74, 6) is 0.545. The number of piperazine rings is 1. The van der Waals surface area contributed by atoms with E-state index in [4.69, 9.17) is 4.74 Å². The van der Waals surface area contributed by atoms with Gasteiger partial charge in [-0.3, -0.25) is 4.90 Å². The van der Waals surface area contributed by atoms with Crippen LogP contribution in [0, 0.1) is 6.92 Å². The van der Waals surface area contributed by atoms with Crippen LogP contribution in [-0.4, -0.2) is 50.9 Å². The molecule has 1 saturated heterocycles. The van der Waals surface area contributed by atoms with E-state index in [1.54, 1.807) is 35.7 Å². The van der Waals surface area contributed by atoms with Gasteiger partial charge in [0, 0.05) is 32.2 Å². The van der Waals surface area contributed by atoms with Crippen molar-refractivity contribution < 1.29 is 13.2 Å². The van der Waals surface area contributed by atoms with Crippen molar-refractivity contribution in [2.45, 2.75) is 17.9 Å². The van der Waals surface area contributed by atoms with E-state index in [0.29, 0.717) is 31.9 Å². The molecule has 1 aliphatic rings. The molecule has 0 amide bonds. The van der Waals surface area contributed by atoms with Gasteiger partial charge in [-0.15, -0.1) is 0 Å². The van der Waals surface area contributed by atoms with Crippen LogP contribution in [0.1, 0.15) is 22.7 Å². The van der Waals surface area contributed by atoms with Crippen molar-refractivity contribution >= 4 is 10.0 Å². The topological polar surface area (TPSA) is 49.9 Å². The van der Waals surface area contributed by atoms with Gasteiger partial charge in [-0.2, -0.15) is 4.31 Å². The summed E-state index contributed by atoms with van der Waals surface area (Å²) in [4.78, 5) is 2.65. The maximum atomic E-state index is 13.2. The summed E-state index contributed by atoms with van der Waals surface area (Å²) in [6.07, 6.45) is 0. The van der Waals surface area contributed by atoms with E-state index in [1.165, 1.54) is 16.7 Å². The van der Waals surface area contributed by atoms with Gasteiger partial charge in [-0.25, -0.2) is 8.42 Å². The van der Waals surface area contributed by atoms with Gasteiger partial charge in [0.05, 0.1) is 18.0 Å². The third-order valence-corrected chi connectivity index (χ3v) is 7.72. The molecule has 0 N–H and O–H groups in total. The van der Waals surface area contributed by atoms with Crippen molar-refractivity contribution in [1.29, 1.82) is 0 Å². The van der Waals surface area contributed by atoms with Gasteiger partial charge < -0.3 is 4.74 Å². The molecule has 31 heavy (non-hydrogen) atoms. The number of benzene rings is 3. The number of methoxy groups -OCH3 is 1. The van der Waals surface area contributed by atoms with Crippen LogP contribution in [0.4, 0.5) is 0 Å². The quantitative estimate of drug-likeness (QED) is 0.584. The first-order valence-electron chi connectivity index (χ1n) is 10.5. The highest BCUT2D eigenvalue weighted by molar-refractivity contribution is 7.89. The Morgan fingerprint density at radius 2 is 1.45 bits per heavy atom. The molecule has 0 radical (unpaired) electrons. The SMILES string of the molecule is COc1cccc(S(=O)(=O)N2CCN(C(c3ccccc3)c3ccc(C)cc3)CC2)c1. The fourth-order valence-corrected chi connectivity index (χ4v) is 5.57. The Balaban J connectivity index is 1.56. The molecule has 1 atom stereocenters. The van der Waals surface area contributed by atoms with Crippen LogP contribution in [-0.2, 0) is 10.0 Å². The lowest BCUT2D eigenvalue weighted by molar-refractivity contribution is 0.156. The molecule has 162 valence electrons. The van der Waals surface area contributed by atoms with E-state index in [1.807, 2.05) is 6.07 Å². The molecule has 1 fully saturated rings. The third kappa shape index (κ3) is 4.66. The van der Waals surface area contributed by atoms with E-state index < -0.39 is 10.0 Å². The predicted molar refractivity (Wildman–Crippen MR) is 123 cm³/mol. The van der Waals surface area contributed by atoms with Crippen LogP contribution in [0.2, 0.25) is 0 Å². The van der Waals surface area contributed by atoms with Gasteiger partial charge in [0.25, 0.3) is 0 Å². The van der Waals surface area contributed by atoms with E-state index in [2.05, 4.69) is 60.4 Å². The zero-order valence-corrected chi connectivity index (χ0v) is 18.8. The molecule has 0 aromatic heterocycles. The fourth-order valence-electron chi connectivity index (χ4n) is 4.11. The Morgan fingerprint density at radius 1 is 0.806 bits per heavy atom. The minimum absolute atomic E-state index is 0.100. The number of hydrogen-bond acceptors (Lipinski definition) is 4. The van der Waals surface area contributed by atoms with Crippen LogP contribution in [0.3, 0.4) is 0 Å². The summed E-state index contributed by atoms with van der Waals surface area (Å²) >= 11 is 0. The van der Waals surface area contributed by atoms with Crippen LogP contribution in [0.15, 0.2) is 83.8 Å². The lowest BCUT2D eigenvalue weighted by Crippen LogP contribution is -2.49. The van der Waals surface area contributed by atoms with Crippen LogP contribution in [0.25, 0.3) is 0 Å². The Hall–Kier alpha value is -2.67. The molecule has 0 aliphatic carbocycles. The first kappa shape index (κ1) is 21.6. The van der Waals surface area contributed by atoms with Crippen molar-refractivity contribution in [1.82, 2.24) is 9.21 Å². The first-order valence-corrected chi connectivity index (χ1v) is 11.9. The van der Waals surface area contributed by atoms with Crippen molar-refractivity contribution in [2.75, 3.05) is 33.3 Å². The number of nitrogens with zero attached hydrogens (tertiary/aromatic N) is 2. The predicted octanol–water partition coefficient (Wildman–Crippen LogP) is 4.10. The molecule has 3 aromatic carbocycles. The first-order chi connectivity index (χ1) is 15.0. The minimum atomic E-state index is -3.55. The van der Waals surface area contributed by atoms with Gasteiger partial charge in [0.15, 0.2) is 0 Å². The zero-order chi connectivity index (χ0) is 21.8. The Bertz CT molecular complexity index is 1110. The normalized spacial score (nSPS) is 16.7. The van der Waals surface area contributed by atoms with Crippen molar-refractivity contribution in [2.24, 2.45) is 0 Å². The number of aryl methyl sites for hydroxylation is 1. The fraction of sp³-hybridized carbons (Fsp3) is 0.280. The zero-order valence-electron chi connectivity index (χ0n) is 17.9. The largest absolute Gasteiger partial charge is 0.497 e. The Morgan fingerprint density at radius 3 is 2.10 bits per heavy atom. The second-order valence-electron chi connectivity index (χ2n) is 7.84. The number of hydrogen-bond donors (Lipinski definition) is 0. The van der Waals surface area contributed by atoms with Gasteiger partial charge in [0.1, 0.15) is 5.75 Å². The van der Waals surface area contributed by atoms with Gasteiger partial charge in [-0.1, -0.05) is 66.2 Å². The molecule has 1 aliphatic heterocycles. The molecule has 0 spiro atoms. The molecule has 6 heteroatoms. The van der Waals surface area contributed by atoms with Crippen molar-refractivity contribution in [3.63, 3.8) is 0 Å². The second kappa shape index (κ2) is 9.22. The summed E-state index contributed by atoms with van der Waals surface area (Å²) in [5, 5.41) is 0. The third-order valence-electron chi connectivity index (χ3n) is 5.83. The highest BCUT2D eigenvalue weighted by atomic mass is 32.2. The monoisotopic (exact) mass is 436 g/mol. The van der Waals surface area contributed by atoms with E-state index in [-0.39, 0.29) is 10.9 Å². The maximum Gasteiger partial charge on any atom is 0.243 e. The van der Waals surface area contributed by atoms with Gasteiger partial charge in [-0.05, 0) is 30.2 Å². The highest BCUT2D eigenvalue weighted by Gasteiger charge is 2.32. The van der Waals surface area contributed by atoms with Crippen LogP contribution in [0.5, 0.6) is 5.75 Å². The van der Waals surface area contributed by atoms with Gasteiger partial charge >= 0.3 is 0 Å². The maximum absolute atomic E-state index is 13.2. The summed E-state index contributed by atoms with van der Waals surface area (Å²) in [6.45, 7) is 4.32. The molecule has 1 unspecified atom stereocenters. The summed E-state index contributed by atoms with van der Waals surface area (Å²) in [7, 11) is -2.01. The van der Waals surface area contributed by atoms with E-state index in [0.717, 1.165) is 0 Å². The molecule has 5 nitrogen and oxygen atoms in total. The molecule has 0 saturated carbocycles. The summed E-state index contributed by atoms with van der Waals surface area (Å²) in [6, 6.07) is 25.8. The Kier molecular flexibility index (Phi) is 6.41. The summed E-state index contributed by atoms with van der Waals surface area (Å²) < 4.78 is 33.1. The minimum Gasteiger partial charge on any atom is -0.497 e. The van der Waals surface area contributed by atoms with Crippen molar-refractivity contribution in [3.05, 3.63) is 95.6 Å². The smallest absolute Gasteiger partial charge is 0.243 e. The molecular weight excluding hydrogens is 408 g/mol. The molecule has 3 aromatic rings.